The first-order chi connectivity index (χ1) is 7.97. The average molecular weight is 320 g/mol. The van der Waals surface area contributed by atoms with Gasteiger partial charge < -0.3 is 10.0 Å². The molecule has 1 N–H and O–H groups in total. The van der Waals surface area contributed by atoms with E-state index in [1.54, 1.807) is 12.1 Å². The fourth-order valence-corrected chi connectivity index (χ4v) is 3.12. The van der Waals surface area contributed by atoms with E-state index in [0.29, 0.717) is 11.4 Å². The Kier molecular flexibility index (Phi) is 5.14. The lowest BCUT2D eigenvalue weighted by Crippen LogP contribution is -2.37. The van der Waals surface area contributed by atoms with Gasteiger partial charge in [-0.2, -0.15) is 0 Å². The van der Waals surface area contributed by atoms with Crippen molar-refractivity contribution in [1.29, 1.82) is 0 Å². The summed E-state index contributed by atoms with van der Waals surface area (Å²) in [4.78, 5) is 24.9. The summed E-state index contributed by atoms with van der Waals surface area (Å²) in [7, 11) is 0. The zero-order chi connectivity index (χ0) is 13.0. The van der Waals surface area contributed by atoms with Crippen LogP contribution in [0.5, 0.6) is 0 Å². The zero-order valence-electron chi connectivity index (χ0n) is 9.64. The third kappa shape index (κ3) is 3.54. The number of carboxylic acids is 1. The van der Waals surface area contributed by atoms with Crippen molar-refractivity contribution in [2.75, 3.05) is 6.54 Å². The molecule has 17 heavy (non-hydrogen) atoms. The second-order valence-electron chi connectivity index (χ2n) is 3.60. The highest BCUT2D eigenvalue weighted by Gasteiger charge is 2.30. The lowest BCUT2D eigenvalue weighted by molar-refractivity contribution is -0.149. The second kappa shape index (κ2) is 6.16. The molecule has 4 nitrogen and oxygen atoms in total. The number of thiophene rings is 1. The van der Waals surface area contributed by atoms with E-state index in [9.17, 15) is 14.7 Å². The molecule has 1 aromatic heterocycles. The van der Waals surface area contributed by atoms with Crippen LogP contribution in [-0.4, -0.2) is 28.4 Å². The molecule has 0 aliphatic carbocycles. The van der Waals surface area contributed by atoms with Gasteiger partial charge in [-0.05, 0) is 34.5 Å². The smallest absolute Gasteiger partial charge is 0.331 e. The van der Waals surface area contributed by atoms with Gasteiger partial charge in [-0.1, -0.05) is 6.92 Å². The summed E-state index contributed by atoms with van der Waals surface area (Å²) in [6.45, 7) is 3.76. The van der Waals surface area contributed by atoms with Crippen molar-refractivity contribution in [3.05, 3.63) is 20.8 Å². The van der Waals surface area contributed by atoms with Crippen LogP contribution in [0.4, 0.5) is 0 Å². The minimum atomic E-state index is -0.997. The first-order valence-corrected chi connectivity index (χ1v) is 6.83. The molecule has 0 aliphatic heterocycles. The first-order valence-electron chi connectivity index (χ1n) is 5.22. The van der Waals surface area contributed by atoms with Crippen LogP contribution in [0, 0.1) is 0 Å². The molecule has 0 saturated heterocycles. The number of rotatable bonds is 5. The molecule has 1 rings (SSSR count). The van der Waals surface area contributed by atoms with E-state index < -0.39 is 12.0 Å². The molecule has 0 bridgehead atoms. The number of carboxylic acid groups (broad SMARTS) is 1. The fourth-order valence-electron chi connectivity index (χ4n) is 1.59. The number of aliphatic carboxylic acids is 1. The maximum absolute atomic E-state index is 11.5. The molecule has 1 amide bonds. The Morgan fingerprint density at radius 1 is 1.53 bits per heavy atom. The highest BCUT2D eigenvalue weighted by atomic mass is 79.9. The van der Waals surface area contributed by atoms with Crippen molar-refractivity contribution in [3.8, 4) is 0 Å². The molecule has 0 fully saturated rings. The zero-order valence-corrected chi connectivity index (χ0v) is 12.0. The van der Waals surface area contributed by atoms with Crippen LogP contribution >= 0.6 is 27.3 Å². The van der Waals surface area contributed by atoms with Gasteiger partial charge in [0.25, 0.3) is 0 Å². The monoisotopic (exact) mass is 319 g/mol. The third-order valence-corrected chi connectivity index (χ3v) is 3.95. The highest BCUT2D eigenvalue weighted by molar-refractivity contribution is 9.11. The van der Waals surface area contributed by atoms with Gasteiger partial charge in [-0.15, -0.1) is 11.3 Å². The van der Waals surface area contributed by atoms with Gasteiger partial charge in [-0.25, -0.2) is 4.79 Å². The Hall–Kier alpha value is -0.880. The number of nitrogens with zero attached hydrogens (tertiary/aromatic N) is 1. The van der Waals surface area contributed by atoms with E-state index in [-0.39, 0.29) is 5.91 Å². The SMILES string of the molecule is CCCN(C(C)=O)C(C(=O)O)c1ccc(Br)s1. The summed E-state index contributed by atoms with van der Waals surface area (Å²) < 4.78 is 0.860. The van der Waals surface area contributed by atoms with Crippen LogP contribution in [-0.2, 0) is 9.59 Å². The van der Waals surface area contributed by atoms with Crippen LogP contribution in [0.3, 0.4) is 0 Å². The molecule has 0 aromatic carbocycles. The lowest BCUT2D eigenvalue weighted by atomic mass is 10.2. The Morgan fingerprint density at radius 2 is 2.18 bits per heavy atom. The van der Waals surface area contributed by atoms with Gasteiger partial charge in [0.1, 0.15) is 0 Å². The Bertz CT molecular complexity index is 419. The van der Waals surface area contributed by atoms with Crippen molar-refractivity contribution in [2.24, 2.45) is 0 Å². The minimum Gasteiger partial charge on any atom is -0.479 e. The van der Waals surface area contributed by atoms with E-state index in [2.05, 4.69) is 15.9 Å². The molecule has 1 unspecified atom stereocenters. The van der Waals surface area contributed by atoms with Gasteiger partial charge >= 0.3 is 5.97 Å². The summed E-state index contributed by atoms with van der Waals surface area (Å²) in [5.74, 6) is -1.22. The van der Waals surface area contributed by atoms with Crippen LogP contribution in [0.1, 0.15) is 31.2 Å². The van der Waals surface area contributed by atoms with Crippen molar-refractivity contribution >= 4 is 39.1 Å². The summed E-state index contributed by atoms with van der Waals surface area (Å²) in [6.07, 6.45) is 0.732. The molecule has 6 heteroatoms. The van der Waals surface area contributed by atoms with Crippen LogP contribution in [0.2, 0.25) is 0 Å². The highest BCUT2D eigenvalue weighted by Crippen LogP contribution is 2.31. The number of hydrogen-bond acceptors (Lipinski definition) is 3. The largest absolute Gasteiger partial charge is 0.479 e. The van der Waals surface area contributed by atoms with Crippen molar-refractivity contribution in [2.45, 2.75) is 26.3 Å². The molecule has 94 valence electrons. The van der Waals surface area contributed by atoms with E-state index in [0.717, 1.165) is 10.2 Å². The summed E-state index contributed by atoms with van der Waals surface area (Å²) in [6, 6.07) is 2.64. The molecular weight excluding hydrogens is 306 g/mol. The predicted octanol–water partition coefficient (Wildman–Crippen LogP) is 2.89. The molecule has 0 radical (unpaired) electrons. The van der Waals surface area contributed by atoms with Gasteiger partial charge in [0.15, 0.2) is 6.04 Å². The van der Waals surface area contributed by atoms with E-state index in [1.807, 2.05) is 6.92 Å². The molecule has 0 saturated carbocycles. The molecule has 1 aromatic rings. The average Bonchev–Trinajstić information content (AvgIpc) is 2.63. The Balaban J connectivity index is 3.06. The van der Waals surface area contributed by atoms with Crippen molar-refractivity contribution in [3.63, 3.8) is 0 Å². The lowest BCUT2D eigenvalue weighted by Gasteiger charge is -2.26. The Labute approximate surface area is 112 Å². The van der Waals surface area contributed by atoms with Crippen molar-refractivity contribution < 1.29 is 14.7 Å². The number of amides is 1. The number of carbonyl (C=O) groups is 2. The topological polar surface area (TPSA) is 57.6 Å². The van der Waals surface area contributed by atoms with Crippen LogP contribution in [0.25, 0.3) is 0 Å². The van der Waals surface area contributed by atoms with E-state index >= 15 is 0 Å². The van der Waals surface area contributed by atoms with Crippen LogP contribution in [0.15, 0.2) is 15.9 Å². The quantitative estimate of drug-likeness (QED) is 0.907. The van der Waals surface area contributed by atoms with Gasteiger partial charge in [0.2, 0.25) is 5.91 Å². The fraction of sp³-hybridized carbons (Fsp3) is 0.455. The van der Waals surface area contributed by atoms with Gasteiger partial charge in [0.05, 0.1) is 3.79 Å². The molecule has 0 aliphatic rings. The minimum absolute atomic E-state index is 0.219. The maximum Gasteiger partial charge on any atom is 0.331 e. The van der Waals surface area contributed by atoms with Gasteiger partial charge in [0, 0.05) is 18.3 Å². The standard InChI is InChI=1S/C11H14BrNO3S/c1-3-6-13(7(2)14)10(11(15)16)8-4-5-9(12)17-8/h4-5,10H,3,6H2,1-2H3,(H,15,16). The normalized spacial score (nSPS) is 12.2. The first kappa shape index (κ1) is 14.2. The van der Waals surface area contributed by atoms with Gasteiger partial charge in [-0.3, -0.25) is 4.79 Å². The molecule has 0 spiro atoms. The maximum atomic E-state index is 11.5. The summed E-state index contributed by atoms with van der Waals surface area (Å²) in [5.41, 5.74) is 0. The Morgan fingerprint density at radius 3 is 2.53 bits per heavy atom. The molecular formula is C11H14BrNO3S. The van der Waals surface area contributed by atoms with Crippen molar-refractivity contribution in [1.82, 2.24) is 4.90 Å². The third-order valence-electron chi connectivity index (χ3n) is 2.28. The van der Waals surface area contributed by atoms with E-state index in [4.69, 9.17) is 0 Å². The molecule has 1 heterocycles. The number of hydrogen-bond donors (Lipinski definition) is 1. The predicted molar refractivity (Wildman–Crippen MR) is 70.1 cm³/mol. The second-order valence-corrected chi connectivity index (χ2v) is 6.09. The number of carbonyl (C=O) groups excluding carboxylic acids is 1. The summed E-state index contributed by atoms with van der Waals surface area (Å²) >= 11 is 4.63. The molecule has 1 atom stereocenters. The van der Waals surface area contributed by atoms with E-state index in [1.165, 1.54) is 23.2 Å². The summed E-state index contributed by atoms with van der Waals surface area (Å²) in [5, 5.41) is 9.28. The van der Waals surface area contributed by atoms with Crippen LogP contribution < -0.4 is 0 Å². The number of halogens is 1.